The van der Waals surface area contributed by atoms with Crippen LogP contribution in [0.1, 0.15) is 42.0 Å². The van der Waals surface area contributed by atoms with Crippen LogP contribution in [-0.4, -0.2) is 22.4 Å². The van der Waals surface area contributed by atoms with Gasteiger partial charge in [0.05, 0.1) is 12.2 Å². The molecule has 128 valence electrons. The largest absolute Gasteiger partial charge is 0.338 e. The molecule has 0 fully saturated rings. The van der Waals surface area contributed by atoms with Gasteiger partial charge in [-0.2, -0.15) is 5.10 Å². The monoisotopic (exact) mass is 390 g/mol. The molecule has 0 spiro atoms. The summed E-state index contributed by atoms with van der Waals surface area (Å²) in [7, 11) is 1.89. The molecule has 1 unspecified atom stereocenters. The second-order valence-electron chi connectivity index (χ2n) is 6.31. The Hall–Kier alpha value is -1.82. The Morgan fingerprint density at radius 3 is 3.08 bits per heavy atom. The normalized spacial score (nSPS) is 17.0. The van der Waals surface area contributed by atoms with Gasteiger partial charge in [-0.3, -0.25) is 4.68 Å². The quantitative estimate of drug-likeness (QED) is 0.784. The molecule has 0 radical (unpaired) electrons. The Kier molecular flexibility index (Phi) is 5.56. The van der Waals surface area contributed by atoms with E-state index in [4.69, 9.17) is 0 Å². The van der Waals surface area contributed by atoms with Crippen LogP contribution in [0.5, 0.6) is 0 Å². The molecule has 0 saturated heterocycles. The lowest BCUT2D eigenvalue weighted by atomic mass is 9.99. The number of rotatable bonds is 4. The summed E-state index contributed by atoms with van der Waals surface area (Å²) in [4.78, 5) is 12.2. The zero-order valence-corrected chi connectivity index (χ0v) is 15.5. The molecule has 3 rings (SSSR count). The molecule has 0 saturated carbocycles. The number of aromatic nitrogens is 2. The van der Waals surface area contributed by atoms with Gasteiger partial charge in [0, 0.05) is 24.3 Å². The van der Waals surface area contributed by atoms with E-state index in [1.165, 1.54) is 17.5 Å². The van der Waals surface area contributed by atoms with Gasteiger partial charge >= 0.3 is 6.03 Å². The number of hydrogen-bond donors (Lipinski definition) is 2. The fourth-order valence-corrected chi connectivity index (χ4v) is 3.64. The van der Waals surface area contributed by atoms with Crippen molar-refractivity contribution in [2.45, 2.75) is 38.1 Å². The van der Waals surface area contributed by atoms with E-state index in [1.54, 1.807) is 4.68 Å². The summed E-state index contributed by atoms with van der Waals surface area (Å²) in [5.74, 6) is 0. The van der Waals surface area contributed by atoms with Crippen molar-refractivity contribution >= 4 is 22.0 Å². The highest BCUT2D eigenvalue weighted by Crippen LogP contribution is 2.30. The van der Waals surface area contributed by atoms with Crippen LogP contribution in [0.3, 0.4) is 0 Å². The van der Waals surface area contributed by atoms with E-state index in [9.17, 15) is 4.79 Å². The van der Waals surface area contributed by atoms with E-state index in [1.807, 2.05) is 19.4 Å². The Balaban J connectivity index is 1.56. The summed E-state index contributed by atoms with van der Waals surface area (Å²) < 4.78 is 2.87. The summed E-state index contributed by atoms with van der Waals surface area (Å²) >= 11 is 3.54. The maximum Gasteiger partial charge on any atom is 0.315 e. The van der Waals surface area contributed by atoms with Crippen molar-refractivity contribution in [3.8, 4) is 0 Å². The number of fused-ring (bicyclic) bond motifs is 1. The van der Waals surface area contributed by atoms with Gasteiger partial charge in [-0.05, 0) is 54.5 Å². The van der Waals surface area contributed by atoms with Crippen LogP contribution in [0.15, 0.2) is 35.1 Å². The van der Waals surface area contributed by atoms with Gasteiger partial charge in [0.2, 0.25) is 0 Å². The highest BCUT2D eigenvalue weighted by atomic mass is 79.9. The van der Waals surface area contributed by atoms with Gasteiger partial charge in [0.25, 0.3) is 0 Å². The van der Waals surface area contributed by atoms with Crippen LogP contribution in [0.25, 0.3) is 0 Å². The summed E-state index contributed by atoms with van der Waals surface area (Å²) in [5.41, 5.74) is 3.71. The van der Waals surface area contributed by atoms with E-state index in [-0.39, 0.29) is 12.1 Å². The molecule has 5 nitrogen and oxygen atoms in total. The minimum Gasteiger partial charge on any atom is -0.338 e. The van der Waals surface area contributed by atoms with Gasteiger partial charge in [-0.25, -0.2) is 4.79 Å². The van der Waals surface area contributed by atoms with Gasteiger partial charge < -0.3 is 10.6 Å². The van der Waals surface area contributed by atoms with E-state index in [0.717, 1.165) is 35.7 Å². The van der Waals surface area contributed by atoms with Crippen LogP contribution in [-0.2, 0) is 19.9 Å². The molecule has 1 aromatic heterocycles. The van der Waals surface area contributed by atoms with E-state index in [0.29, 0.717) is 6.54 Å². The maximum absolute atomic E-state index is 12.2. The van der Waals surface area contributed by atoms with Crippen molar-refractivity contribution in [2.75, 3.05) is 6.54 Å². The fourth-order valence-electron chi connectivity index (χ4n) is 3.23. The number of nitrogens with one attached hydrogen (secondary N) is 2. The van der Waals surface area contributed by atoms with Gasteiger partial charge in [0.1, 0.15) is 0 Å². The lowest BCUT2D eigenvalue weighted by Gasteiger charge is -2.20. The smallest absolute Gasteiger partial charge is 0.315 e. The number of urea groups is 1. The number of halogens is 1. The number of amides is 2. The molecule has 0 aliphatic heterocycles. The minimum atomic E-state index is -0.0975. The average molecular weight is 391 g/mol. The van der Waals surface area contributed by atoms with Crippen LogP contribution >= 0.6 is 15.9 Å². The molecular weight excluding hydrogens is 368 g/mol. The summed E-state index contributed by atoms with van der Waals surface area (Å²) in [5, 5.41) is 10.2. The Labute approximate surface area is 151 Å². The van der Waals surface area contributed by atoms with Crippen LogP contribution in [0.4, 0.5) is 4.79 Å². The van der Waals surface area contributed by atoms with Gasteiger partial charge in [-0.1, -0.05) is 28.4 Å². The molecule has 1 aromatic carbocycles. The lowest BCUT2D eigenvalue weighted by molar-refractivity contribution is 0.236. The van der Waals surface area contributed by atoms with Crippen LogP contribution in [0, 0.1) is 0 Å². The Morgan fingerprint density at radius 1 is 1.42 bits per heavy atom. The highest BCUT2D eigenvalue weighted by Gasteiger charge is 2.20. The first-order chi connectivity index (χ1) is 11.6. The average Bonchev–Trinajstić information content (AvgIpc) is 2.86. The van der Waals surface area contributed by atoms with Crippen LogP contribution in [0.2, 0.25) is 0 Å². The highest BCUT2D eigenvalue weighted by molar-refractivity contribution is 9.10. The van der Waals surface area contributed by atoms with E-state index in [2.05, 4.69) is 49.9 Å². The molecular formula is C18H23BrN4O. The Bertz CT molecular complexity index is 713. The molecule has 6 heteroatoms. The fraction of sp³-hybridized carbons (Fsp3) is 0.444. The predicted molar refractivity (Wildman–Crippen MR) is 97.9 cm³/mol. The van der Waals surface area contributed by atoms with Crippen molar-refractivity contribution in [1.29, 1.82) is 0 Å². The standard InChI is InChI=1S/C18H23BrN4O/c1-23-12-13(11-21-23)8-9-20-18(24)22-17-5-3-2-4-14-10-15(19)6-7-16(14)17/h6-7,10-12,17H,2-5,8-9H2,1H3,(H2,20,22,24). The molecule has 1 atom stereocenters. The number of hydrogen-bond acceptors (Lipinski definition) is 2. The summed E-state index contributed by atoms with van der Waals surface area (Å²) in [6.07, 6.45) is 8.96. The summed E-state index contributed by atoms with van der Waals surface area (Å²) in [6.45, 7) is 0.609. The zero-order chi connectivity index (χ0) is 16.9. The third kappa shape index (κ3) is 4.38. The van der Waals surface area contributed by atoms with Crippen molar-refractivity contribution in [1.82, 2.24) is 20.4 Å². The molecule has 1 aliphatic rings. The maximum atomic E-state index is 12.2. The van der Waals surface area contributed by atoms with Gasteiger partial charge in [-0.15, -0.1) is 0 Å². The minimum absolute atomic E-state index is 0.0917. The molecule has 2 N–H and O–H groups in total. The first-order valence-corrected chi connectivity index (χ1v) is 9.21. The van der Waals surface area contributed by atoms with E-state index >= 15 is 0 Å². The molecule has 1 heterocycles. The SMILES string of the molecule is Cn1cc(CCNC(=O)NC2CCCCc3cc(Br)ccc32)cn1. The molecule has 24 heavy (non-hydrogen) atoms. The number of carbonyl (C=O) groups is 1. The van der Waals surface area contributed by atoms with Gasteiger partial charge in [0.15, 0.2) is 0 Å². The lowest BCUT2D eigenvalue weighted by Crippen LogP contribution is -2.39. The first-order valence-electron chi connectivity index (χ1n) is 8.42. The Morgan fingerprint density at radius 2 is 2.29 bits per heavy atom. The third-order valence-corrected chi connectivity index (χ3v) is 4.93. The third-order valence-electron chi connectivity index (χ3n) is 4.43. The second kappa shape index (κ2) is 7.83. The van der Waals surface area contributed by atoms with Crippen molar-refractivity contribution in [3.63, 3.8) is 0 Å². The van der Waals surface area contributed by atoms with Crippen molar-refractivity contribution in [2.24, 2.45) is 7.05 Å². The van der Waals surface area contributed by atoms with Crippen molar-refractivity contribution < 1.29 is 4.79 Å². The van der Waals surface area contributed by atoms with E-state index < -0.39 is 0 Å². The molecule has 0 bridgehead atoms. The van der Waals surface area contributed by atoms with Crippen molar-refractivity contribution in [3.05, 3.63) is 51.8 Å². The topological polar surface area (TPSA) is 59.0 Å². The number of nitrogens with zero attached hydrogens (tertiary/aromatic N) is 2. The molecule has 2 amide bonds. The molecule has 2 aromatic rings. The number of carbonyl (C=O) groups excluding carboxylic acids is 1. The zero-order valence-electron chi connectivity index (χ0n) is 13.9. The predicted octanol–water partition coefficient (Wildman–Crippen LogP) is 3.49. The first kappa shape index (κ1) is 17.0. The number of aryl methyl sites for hydroxylation is 2. The van der Waals surface area contributed by atoms with Crippen LogP contribution < -0.4 is 10.6 Å². The number of benzene rings is 1. The second-order valence-corrected chi connectivity index (χ2v) is 7.23. The summed E-state index contributed by atoms with van der Waals surface area (Å²) in [6, 6.07) is 6.36. The molecule has 1 aliphatic carbocycles.